The molecule has 0 N–H and O–H groups in total. The van der Waals surface area contributed by atoms with Crippen LogP contribution >= 0.6 is 0 Å². The fraction of sp³-hybridized carbons (Fsp3) is 0.542. The zero-order valence-electron chi connectivity index (χ0n) is 17.8. The van der Waals surface area contributed by atoms with Crippen LogP contribution in [-0.2, 0) is 14.8 Å². The van der Waals surface area contributed by atoms with E-state index in [-0.39, 0.29) is 17.6 Å². The molecule has 2 saturated heterocycles. The SMILES string of the molecule is CCC[C@H]1CN(S(=O)(=O)c2ccc3ccccc3c2)CC1C(=O)CN1CCCCC1. The molecule has 0 aromatic heterocycles. The molecule has 0 bridgehead atoms. The highest BCUT2D eigenvalue weighted by atomic mass is 32.2. The summed E-state index contributed by atoms with van der Waals surface area (Å²) in [6.07, 6.45) is 5.39. The Morgan fingerprint density at radius 3 is 2.47 bits per heavy atom. The van der Waals surface area contributed by atoms with E-state index in [0.29, 0.717) is 24.5 Å². The van der Waals surface area contributed by atoms with Gasteiger partial charge in [-0.1, -0.05) is 50.1 Å². The number of carbonyl (C=O) groups excluding carboxylic acids is 1. The molecule has 0 saturated carbocycles. The van der Waals surface area contributed by atoms with E-state index in [1.807, 2.05) is 30.3 Å². The van der Waals surface area contributed by atoms with Gasteiger partial charge in [0.15, 0.2) is 5.78 Å². The second-order valence-corrected chi connectivity index (χ2v) is 10.7. The largest absolute Gasteiger partial charge is 0.298 e. The summed E-state index contributed by atoms with van der Waals surface area (Å²) >= 11 is 0. The fourth-order valence-corrected chi connectivity index (χ4v) is 6.55. The van der Waals surface area contributed by atoms with Gasteiger partial charge in [0.1, 0.15) is 0 Å². The van der Waals surface area contributed by atoms with Crippen molar-refractivity contribution in [2.24, 2.45) is 11.8 Å². The predicted molar refractivity (Wildman–Crippen MR) is 120 cm³/mol. The third-order valence-electron chi connectivity index (χ3n) is 6.67. The Labute approximate surface area is 180 Å². The maximum Gasteiger partial charge on any atom is 0.243 e. The summed E-state index contributed by atoms with van der Waals surface area (Å²) in [7, 11) is -3.61. The minimum absolute atomic E-state index is 0.113. The number of piperidine rings is 1. The highest BCUT2D eigenvalue weighted by Crippen LogP contribution is 2.33. The molecule has 6 heteroatoms. The predicted octanol–water partition coefficient (Wildman–Crippen LogP) is 3.93. The zero-order valence-corrected chi connectivity index (χ0v) is 18.6. The summed E-state index contributed by atoms with van der Waals surface area (Å²) in [4.78, 5) is 15.7. The van der Waals surface area contributed by atoms with E-state index in [4.69, 9.17) is 0 Å². The molecule has 2 aromatic carbocycles. The van der Waals surface area contributed by atoms with Crippen LogP contribution in [0.25, 0.3) is 10.8 Å². The van der Waals surface area contributed by atoms with Crippen molar-refractivity contribution >= 4 is 26.6 Å². The van der Waals surface area contributed by atoms with Gasteiger partial charge < -0.3 is 0 Å². The Morgan fingerprint density at radius 2 is 1.73 bits per heavy atom. The van der Waals surface area contributed by atoms with Gasteiger partial charge in [-0.2, -0.15) is 4.31 Å². The first-order valence-corrected chi connectivity index (χ1v) is 12.7. The molecule has 2 aromatic rings. The van der Waals surface area contributed by atoms with E-state index in [1.54, 1.807) is 16.4 Å². The van der Waals surface area contributed by atoms with Crippen molar-refractivity contribution in [3.05, 3.63) is 42.5 Å². The summed E-state index contributed by atoms with van der Waals surface area (Å²) in [5, 5.41) is 1.94. The maximum absolute atomic E-state index is 13.4. The summed E-state index contributed by atoms with van der Waals surface area (Å²) in [6, 6.07) is 13.1. The molecule has 0 spiro atoms. The number of sulfonamides is 1. The third-order valence-corrected chi connectivity index (χ3v) is 8.50. The van der Waals surface area contributed by atoms with Crippen LogP contribution in [0.3, 0.4) is 0 Å². The number of nitrogens with zero attached hydrogens (tertiary/aromatic N) is 2. The van der Waals surface area contributed by atoms with Crippen LogP contribution in [0.1, 0.15) is 39.0 Å². The summed E-state index contributed by atoms with van der Waals surface area (Å²) in [6.45, 7) is 5.29. The first-order chi connectivity index (χ1) is 14.5. The van der Waals surface area contributed by atoms with Gasteiger partial charge >= 0.3 is 0 Å². The van der Waals surface area contributed by atoms with Gasteiger partial charge in [-0.3, -0.25) is 9.69 Å². The molecule has 2 aliphatic heterocycles. The van der Waals surface area contributed by atoms with Gasteiger partial charge in [0.05, 0.1) is 11.4 Å². The monoisotopic (exact) mass is 428 g/mol. The molecule has 2 fully saturated rings. The quantitative estimate of drug-likeness (QED) is 0.670. The number of hydrogen-bond donors (Lipinski definition) is 0. The van der Waals surface area contributed by atoms with Gasteiger partial charge in [-0.25, -0.2) is 8.42 Å². The fourth-order valence-electron chi connectivity index (χ4n) is 4.99. The molecule has 2 heterocycles. The van der Waals surface area contributed by atoms with Gasteiger partial charge in [-0.15, -0.1) is 0 Å². The maximum atomic E-state index is 13.4. The number of ketones is 1. The van der Waals surface area contributed by atoms with Gasteiger partial charge in [0.2, 0.25) is 10.0 Å². The summed E-state index contributed by atoms with van der Waals surface area (Å²) in [5.74, 6) is 0.135. The van der Waals surface area contributed by atoms with Crippen molar-refractivity contribution in [3.63, 3.8) is 0 Å². The number of Topliss-reactive ketones (excluding diaryl/α,β-unsaturated/α-hetero) is 1. The second kappa shape index (κ2) is 9.16. The smallest absolute Gasteiger partial charge is 0.243 e. The van der Waals surface area contributed by atoms with Crippen molar-refractivity contribution in [1.82, 2.24) is 9.21 Å². The number of hydrogen-bond acceptors (Lipinski definition) is 4. The van der Waals surface area contributed by atoms with Crippen LogP contribution in [0.4, 0.5) is 0 Å². The van der Waals surface area contributed by atoms with E-state index in [1.165, 1.54) is 6.42 Å². The molecule has 0 radical (unpaired) electrons. The first kappa shape index (κ1) is 21.5. The number of rotatable bonds is 7. The van der Waals surface area contributed by atoms with E-state index >= 15 is 0 Å². The number of benzene rings is 2. The lowest BCUT2D eigenvalue weighted by molar-refractivity contribution is -0.124. The summed E-state index contributed by atoms with van der Waals surface area (Å²) < 4.78 is 28.3. The lowest BCUT2D eigenvalue weighted by atomic mass is 9.88. The van der Waals surface area contributed by atoms with Crippen LogP contribution < -0.4 is 0 Å². The molecule has 0 aliphatic carbocycles. The number of carbonyl (C=O) groups is 1. The minimum Gasteiger partial charge on any atom is -0.298 e. The molecule has 2 aliphatic rings. The zero-order chi connectivity index (χ0) is 21.1. The molecule has 1 unspecified atom stereocenters. The molecule has 162 valence electrons. The first-order valence-electron chi connectivity index (χ1n) is 11.2. The Bertz CT molecular complexity index is 998. The Kier molecular flexibility index (Phi) is 6.56. The van der Waals surface area contributed by atoms with E-state index in [2.05, 4.69) is 11.8 Å². The highest BCUT2D eigenvalue weighted by molar-refractivity contribution is 7.89. The topological polar surface area (TPSA) is 57.7 Å². The number of likely N-dealkylation sites (tertiary alicyclic amines) is 1. The van der Waals surface area contributed by atoms with Crippen molar-refractivity contribution in [1.29, 1.82) is 0 Å². The second-order valence-electron chi connectivity index (χ2n) is 8.79. The van der Waals surface area contributed by atoms with Gasteiger partial charge in [-0.05, 0) is 61.2 Å². The van der Waals surface area contributed by atoms with Crippen LogP contribution in [0.2, 0.25) is 0 Å². The molecule has 30 heavy (non-hydrogen) atoms. The molecular formula is C24H32N2O3S. The van der Waals surface area contributed by atoms with Crippen LogP contribution in [-0.4, -0.2) is 56.1 Å². The van der Waals surface area contributed by atoms with Crippen molar-refractivity contribution in [2.45, 2.75) is 43.9 Å². The molecule has 4 rings (SSSR count). The highest BCUT2D eigenvalue weighted by Gasteiger charge is 2.42. The van der Waals surface area contributed by atoms with E-state index in [9.17, 15) is 13.2 Å². The van der Waals surface area contributed by atoms with Crippen molar-refractivity contribution in [2.75, 3.05) is 32.7 Å². The lowest BCUT2D eigenvalue weighted by Gasteiger charge is -2.27. The average Bonchev–Trinajstić information content (AvgIpc) is 3.19. The molecule has 5 nitrogen and oxygen atoms in total. The number of fused-ring (bicyclic) bond motifs is 1. The van der Waals surface area contributed by atoms with Crippen LogP contribution in [0.15, 0.2) is 47.4 Å². The van der Waals surface area contributed by atoms with Gasteiger partial charge in [0, 0.05) is 19.0 Å². The Morgan fingerprint density at radius 1 is 1.00 bits per heavy atom. The van der Waals surface area contributed by atoms with Crippen LogP contribution in [0.5, 0.6) is 0 Å². The Balaban J connectivity index is 1.53. The molecule has 0 amide bonds. The molecular weight excluding hydrogens is 396 g/mol. The third kappa shape index (κ3) is 4.46. The summed E-state index contributed by atoms with van der Waals surface area (Å²) in [5.41, 5.74) is 0. The Hall–Kier alpha value is -1.76. The van der Waals surface area contributed by atoms with Crippen molar-refractivity contribution < 1.29 is 13.2 Å². The van der Waals surface area contributed by atoms with E-state index < -0.39 is 10.0 Å². The van der Waals surface area contributed by atoms with Gasteiger partial charge in [0.25, 0.3) is 0 Å². The normalized spacial score (nSPS) is 23.8. The lowest BCUT2D eigenvalue weighted by Crippen LogP contribution is -2.39. The average molecular weight is 429 g/mol. The van der Waals surface area contributed by atoms with Crippen molar-refractivity contribution in [3.8, 4) is 0 Å². The van der Waals surface area contributed by atoms with E-state index in [0.717, 1.165) is 49.5 Å². The van der Waals surface area contributed by atoms with Crippen LogP contribution in [0, 0.1) is 11.8 Å². The standard InChI is InChI=1S/C24H32N2O3S/c1-2-8-21-16-26(17-23(21)24(27)18-25-13-6-3-7-14-25)30(28,29)22-12-11-19-9-4-5-10-20(19)15-22/h4-5,9-12,15,21,23H,2-3,6-8,13-14,16-18H2,1H3/t21-,23?/m0/s1. The minimum atomic E-state index is -3.61. The molecule has 2 atom stereocenters.